The Morgan fingerprint density at radius 1 is 1.41 bits per heavy atom. The molecule has 7 nitrogen and oxygen atoms in total. The van der Waals surface area contributed by atoms with Crippen LogP contribution in [-0.4, -0.2) is 54.6 Å². The SMILES string of the molecule is CC(C)Oc1ccc(C(=O)CN2CCOCC2)cc1[N+](=O)[O-]. The van der Waals surface area contributed by atoms with E-state index in [0.29, 0.717) is 31.9 Å². The van der Waals surface area contributed by atoms with Gasteiger partial charge in [0.25, 0.3) is 0 Å². The minimum Gasteiger partial charge on any atom is -0.484 e. The fourth-order valence-corrected chi connectivity index (χ4v) is 2.24. The highest BCUT2D eigenvalue weighted by Crippen LogP contribution is 2.29. The van der Waals surface area contributed by atoms with Crippen LogP contribution in [0.25, 0.3) is 0 Å². The van der Waals surface area contributed by atoms with Crippen molar-refractivity contribution in [2.45, 2.75) is 20.0 Å². The fourth-order valence-electron chi connectivity index (χ4n) is 2.24. The van der Waals surface area contributed by atoms with E-state index in [4.69, 9.17) is 9.47 Å². The molecule has 1 fully saturated rings. The summed E-state index contributed by atoms with van der Waals surface area (Å²) in [4.78, 5) is 24.9. The smallest absolute Gasteiger partial charge is 0.311 e. The maximum Gasteiger partial charge on any atom is 0.311 e. The summed E-state index contributed by atoms with van der Waals surface area (Å²) in [6, 6.07) is 4.36. The van der Waals surface area contributed by atoms with Crippen LogP contribution in [0.3, 0.4) is 0 Å². The molecule has 0 bridgehead atoms. The number of carbonyl (C=O) groups is 1. The number of nitrogens with zero attached hydrogens (tertiary/aromatic N) is 2. The van der Waals surface area contributed by atoms with E-state index in [2.05, 4.69) is 0 Å². The van der Waals surface area contributed by atoms with Crippen LogP contribution >= 0.6 is 0 Å². The number of benzene rings is 1. The first-order valence-corrected chi connectivity index (χ1v) is 7.26. The summed E-state index contributed by atoms with van der Waals surface area (Å²) in [5, 5.41) is 11.2. The molecule has 2 rings (SSSR count). The molecule has 1 aliphatic heterocycles. The molecule has 1 aromatic carbocycles. The van der Waals surface area contributed by atoms with Gasteiger partial charge in [-0.1, -0.05) is 0 Å². The van der Waals surface area contributed by atoms with Gasteiger partial charge in [0.1, 0.15) is 0 Å². The third-order valence-corrected chi connectivity index (χ3v) is 3.31. The molecule has 0 atom stereocenters. The zero-order valence-corrected chi connectivity index (χ0v) is 12.8. The lowest BCUT2D eigenvalue weighted by molar-refractivity contribution is -0.386. The number of carbonyl (C=O) groups excluding carboxylic acids is 1. The number of ether oxygens (including phenoxy) is 2. The molecule has 0 spiro atoms. The van der Waals surface area contributed by atoms with Crippen molar-refractivity contribution < 1.29 is 19.2 Å². The molecule has 120 valence electrons. The Morgan fingerprint density at radius 3 is 2.68 bits per heavy atom. The second-order valence-corrected chi connectivity index (χ2v) is 5.42. The third-order valence-electron chi connectivity index (χ3n) is 3.31. The average molecular weight is 308 g/mol. The molecule has 1 saturated heterocycles. The van der Waals surface area contributed by atoms with Crippen LogP contribution in [0.2, 0.25) is 0 Å². The molecular formula is C15H20N2O5. The van der Waals surface area contributed by atoms with Crippen LogP contribution < -0.4 is 4.74 Å². The largest absolute Gasteiger partial charge is 0.484 e. The summed E-state index contributed by atoms with van der Waals surface area (Å²) in [7, 11) is 0. The molecule has 0 aliphatic carbocycles. The lowest BCUT2D eigenvalue weighted by Crippen LogP contribution is -2.39. The van der Waals surface area contributed by atoms with Crippen molar-refractivity contribution in [2.75, 3.05) is 32.8 Å². The number of hydrogen-bond donors (Lipinski definition) is 0. The molecule has 0 radical (unpaired) electrons. The van der Waals surface area contributed by atoms with E-state index < -0.39 is 4.92 Å². The van der Waals surface area contributed by atoms with Gasteiger partial charge in [-0.05, 0) is 26.0 Å². The van der Waals surface area contributed by atoms with E-state index in [1.54, 1.807) is 19.9 Å². The van der Waals surface area contributed by atoms with Gasteiger partial charge in [0, 0.05) is 24.7 Å². The minimum absolute atomic E-state index is 0.138. The van der Waals surface area contributed by atoms with E-state index in [9.17, 15) is 14.9 Å². The van der Waals surface area contributed by atoms with Crippen LogP contribution in [0.5, 0.6) is 5.75 Å². The first kappa shape index (κ1) is 16.4. The molecule has 0 N–H and O–H groups in total. The Balaban J connectivity index is 2.14. The standard InChI is InChI=1S/C15H20N2O5/c1-11(2)22-15-4-3-12(9-13(15)17(19)20)14(18)10-16-5-7-21-8-6-16/h3-4,9,11H,5-8,10H2,1-2H3. The monoisotopic (exact) mass is 308 g/mol. The van der Waals surface area contributed by atoms with Crippen molar-refractivity contribution in [1.29, 1.82) is 0 Å². The van der Waals surface area contributed by atoms with Crippen molar-refractivity contribution in [2.24, 2.45) is 0 Å². The molecule has 1 aromatic rings. The van der Waals surface area contributed by atoms with Crippen molar-refractivity contribution in [1.82, 2.24) is 4.90 Å². The fraction of sp³-hybridized carbons (Fsp3) is 0.533. The van der Waals surface area contributed by atoms with Gasteiger partial charge in [0.15, 0.2) is 11.5 Å². The Morgan fingerprint density at radius 2 is 2.09 bits per heavy atom. The van der Waals surface area contributed by atoms with E-state index in [1.165, 1.54) is 12.1 Å². The Hall–Kier alpha value is -1.99. The summed E-state index contributed by atoms with van der Waals surface area (Å²) in [6.07, 6.45) is -0.173. The van der Waals surface area contributed by atoms with E-state index in [1.807, 2.05) is 4.90 Å². The third kappa shape index (κ3) is 4.25. The molecular weight excluding hydrogens is 288 g/mol. The first-order valence-electron chi connectivity index (χ1n) is 7.26. The molecule has 0 saturated carbocycles. The lowest BCUT2D eigenvalue weighted by Gasteiger charge is -2.25. The van der Waals surface area contributed by atoms with Crippen molar-refractivity contribution >= 4 is 11.5 Å². The number of hydrogen-bond acceptors (Lipinski definition) is 6. The second kappa shape index (κ2) is 7.33. The highest BCUT2D eigenvalue weighted by Gasteiger charge is 2.21. The van der Waals surface area contributed by atoms with Crippen molar-refractivity contribution in [3.05, 3.63) is 33.9 Å². The van der Waals surface area contributed by atoms with Gasteiger partial charge in [0.05, 0.1) is 30.8 Å². The quantitative estimate of drug-likeness (QED) is 0.453. The molecule has 1 heterocycles. The van der Waals surface area contributed by atoms with Crippen LogP contribution in [-0.2, 0) is 4.74 Å². The lowest BCUT2D eigenvalue weighted by atomic mass is 10.1. The topological polar surface area (TPSA) is 81.9 Å². The molecule has 0 amide bonds. The minimum atomic E-state index is -0.525. The second-order valence-electron chi connectivity index (χ2n) is 5.42. The van der Waals surface area contributed by atoms with E-state index in [-0.39, 0.29) is 29.9 Å². The van der Waals surface area contributed by atoms with Gasteiger partial charge < -0.3 is 9.47 Å². The predicted molar refractivity (Wildman–Crippen MR) is 80.4 cm³/mol. The number of Topliss-reactive ketones (excluding diaryl/α,β-unsaturated/α-hetero) is 1. The first-order chi connectivity index (χ1) is 10.5. The van der Waals surface area contributed by atoms with E-state index >= 15 is 0 Å². The van der Waals surface area contributed by atoms with Gasteiger partial charge in [-0.25, -0.2) is 0 Å². The van der Waals surface area contributed by atoms with Crippen molar-refractivity contribution in [3.8, 4) is 5.75 Å². The Bertz CT molecular complexity index is 553. The highest BCUT2D eigenvalue weighted by atomic mass is 16.6. The number of nitro groups is 1. The highest BCUT2D eigenvalue weighted by molar-refractivity contribution is 5.98. The normalized spacial score (nSPS) is 15.8. The maximum absolute atomic E-state index is 12.3. The summed E-state index contributed by atoms with van der Waals surface area (Å²) < 4.78 is 10.6. The van der Waals surface area contributed by atoms with Crippen LogP contribution in [0.15, 0.2) is 18.2 Å². The Labute approximate surface area is 129 Å². The van der Waals surface area contributed by atoms with Crippen LogP contribution in [0.1, 0.15) is 24.2 Å². The van der Waals surface area contributed by atoms with Gasteiger partial charge in [-0.15, -0.1) is 0 Å². The number of ketones is 1. The summed E-state index contributed by atoms with van der Waals surface area (Å²) >= 11 is 0. The molecule has 1 aliphatic rings. The van der Waals surface area contributed by atoms with Gasteiger partial charge in [0.2, 0.25) is 0 Å². The van der Waals surface area contributed by atoms with Crippen LogP contribution in [0.4, 0.5) is 5.69 Å². The number of rotatable bonds is 6. The molecule has 0 aromatic heterocycles. The molecule has 0 unspecified atom stereocenters. The predicted octanol–water partition coefficient (Wildman–Crippen LogP) is 1.90. The number of nitro benzene ring substituents is 1. The average Bonchev–Trinajstić information content (AvgIpc) is 2.47. The molecule has 22 heavy (non-hydrogen) atoms. The zero-order valence-electron chi connectivity index (χ0n) is 12.8. The Kier molecular flexibility index (Phi) is 5.46. The summed E-state index contributed by atoms with van der Waals surface area (Å²) in [5.41, 5.74) is 0.149. The van der Waals surface area contributed by atoms with Crippen molar-refractivity contribution in [3.63, 3.8) is 0 Å². The zero-order chi connectivity index (χ0) is 16.1. The van der Waals surface area contributed by atoms with Crippen LogP contribution in [0, 0.1) is 10.1 Å². The van der Waals surface area contributed by atoms with Gasteiger partial charge >= 0.3 is 5.69 Å². The number of morpholine rings is 1. The summed E-state index contributed by atoms with van der Waals surface area (Å²) in [6.45, 7) is 6.43. The van der Waals surface area contributed by atoms with E-state index in [0.717, 1.165) is 0 Å². The van der Waals surface area contributed by atoms with Gasteiger partial charge in [-0.2, -0.15) is 0 Å². The van der Waals surface area contributed by atoms with Gasteiger partial charge in [-0.3, -0.25) is 19.8 Å². The summed E-state index contributed by atoms with van der Waals surface area (Å²) in [5.74, 6) is 0.0454. The molecule has 7 heteroatoms. The maximum atomic E-state index is 12.3.